The lowest BCUT2D eigenvalue weighted by molar-refractivity contribution is -0.121. The third-order valence-electron chi connectivity index (χ3n) is 3.56. The molecule has 1 aromatic heterocycles. The summed E-state index contributed by atoms with van der Waals surface area (Å²) in [5.74, 6) is -0.0317. The van der Waals surface area contributed by atoms with Crippen LogP contribution < -0.4 is 5.32 Å². The van der Waals surface area contributed by atoms with Crippen molar-refractivity contribution in [2.45, 2.75) is 38.6 Å². The second kappa shape index (κ2) is 4.14. The van der Waals surface area contributed by atoms with Crippen LogP contribution in [-0.2, 0) is 18.3 Å². The number of aliphatic hydroxyl groups is 1. The number of hydrogen-bond donors (Lipinski definition) is 2. The van der Waals surface area contributed by atoms with Crippen LogP contribution in [0.1, 0.15) is 29.8 Å². The summed E-state index contributed by atoms with van der Waals surface area (Å²) in [7, 11) is 1.87. The number of carbonyl (C=O) groups excluding carboxylic acids is 1. The van der Waals surface area contributed by atoms with Gasteiger partial charge >= 0.3 is 0 Å². The van der Waals surface area contributed by atoms with Crippen molar-refractivity contribution >= 4 is 5.91 Å². The molecule has 1 aliphatic rings. The van der Waals surface area contributed by atoms with E-state index in [4.69, 9.17) is 5.11 Å². The van der Waals surface area contributed by atoms with Crippen molar-refractivity contribution in [3.05, 3.63) is 17.0 Å². The number of amides is 1. The van der Waals surface area contributed by atoms with E-state index in [2.05, 4.69) is 10.4 Å². The fourth-order valence-corrected chi connectivity index (χ4v) is 2.05. The monoisotopic (exact) mass is 237 g/mol. The van der Waals surface area contributed by atoms with Crippen molar-refractivity contribution in [2.24, 2.45) is 7.05 Å². The first-order valence-electron chi connectivity index (χ1n) is 5.88. The Morgan fingerprint density at radius 2 is 2.18 bits per heavy atom. The van der Waals surface area contributed by atoms with Gasteiger partial charge in [0.25, 0.3) is 0 Å². The van der Waals surface area contributed by atoms with Crippen molar-refractivity contribution in [3.8, 4) is 0 Å². The minimum absolute atomic E-state index is 0.0315. The highest BCUT2D eigenvalue weighted by Gasteiger charge is 2.43. The molecule has 94 valence electrons. The summed E-state index contributed by atoms with van der Waals surface area (Å²) in [6, 6.07) is 0. The summed E-state index contributed by atoms with van der Waals surface area (Å²) < 4.78 is 1.79. The molecular weight excluding hydrogens is 218 g/mol. The molecule has 0 saturated heterocycles. The molecule has 5 nitrogen and oxygen atoms in total. The average molecular weight is 237 g/mol. The molecule has 1 amide bonds. The Morgan fingerprint density at radius 3 is 2.59 bits per heavy atom. The van der Waals surface area contributed by atoms with Crippen LogP contribution in [0.25, 0.3) is 0 Å². The summed E-state index contributed by atoms with van der Waals surface area (Å²) >= 11 is 0. The second-order valence-corrected chi connectivity index (χ2v) is 4.94. The van der Waals surface area contributed by atoms with Gasteiger partial charge in [-0.15, -0.1) is 0 Å². The summed E-state index contributed by atoms with van der Waals surface area (Å²) in [5.41, 5.74) is 2.57. The fraction of sp³-hybridized carbons (Fsp3) is 0.667. The van der Waals surface area contributed by atoms with Crippen LogP contribution in [0, 0.1) is 13.8 Å². The first-order chi connectivity index (χ1) is 7.97. The standard InChI is InChI=1S/C12H19N3O2/c1-8-10(9(2)15(3)14-8)6-11(17)13-12(7-16)4-5-12/h16H,4-7H2,1-3H3,(H,13,17). The Balaban J connectivity index is 2.03. The Labute approximate surface area is 101 Å². The lowest BCUT2D eigenvalue weighted by atomic mass is 10.1. The van der Waals surface area contributed by atoms with Crippen molar-refractivity contribution in [2.75, 3.05) is 6.61 Å². The molecule has 0 unspecified atom stereocenters. The van der Waals surface area contributed by atoms with E-state index in [9.17, 15) is 4.79 Å². The largest absolute Gasteiger partial charge is 0.394 e. The van der Waals surface area contributed by atoms with E-state index in [0.717, 1.165) is 29.8 Å². The molecule has 1 fully saturated rings. The van der Waals surface area contributed by atoms with Crippen LogP contribution >= 0.6 is 0 Å². The maximum atomic E-state index is 11.9. The number of hydrogen-bond acceptors (Lipinski definition) is 3. The molecule has 0 radical (unpaired) electrons. The SMILES string of the molecule is Cc1nn(C)c(C)c1CC(=O)NC1(CO)CC1. The molecule has 1 heterocycles. The van der Waals surface area contributed by atoms with Crippen molar-refractivity contribution in [1.82, 2.24) is 15.1 Å². The average Bonchev–Trinajstić information content (AvgIpc) is 3.00. The van der Waals surface area contributed by atoms with Crippen LogP contribution in [-0.4, -0.2) is 32.9 Å². The number of aromatic nitrogens is 2. The summed E-state index contributed by atoms with van der Waals surface area (Å²) in [5, 5.41) is 16.3. The third-order valence-corrected chi connectivity index (χ3v) is 3.56. The highest BCUT2D eigenvalue weighted by Crippen LogP contribution is 2.34. The Morgan fingerprint density at radius 1 is 1.53 bits per heavy atom. The first-order valence-corrected chi connectivity index (χ1v) is 5.88. The maximum Gasteiger partial charge on any atom is 0.225 e. The lowest BCUT2D eigenvalue weighted by Gasteiger charge is -2.14. The minimum Gasteiger partial charge on any atom is -0.394 e. The highest BCUT2D eigenvalue weighted by molar-refractivity contribution is 5.80. The Bertz CT molecular complexity index is 447. The topological polar surface area (TPSA) is 67.2 Å². The third kappa shape index (κ3) is 2.34. The molecule has 1 saturated carbocycles. The van der Waals surface area contributed by atoms with Gasteiger partial charge in [-0.25, -0.2) is 0 Å². The van der Waals surface area contributed by atoms with Crippen LogP contribution in [0.15, 0.2) is 0 Å². The summed E-state index contributed by atoms with van der Waals surface area (Å²) in [6.45, 7) is 3.90. The van der Waals surface area contributed by atoms with E-state index >= 15 is 0 Å². The van der Waals surface area contributed by atoms with Gasteiger partial charge in [0.05, 0.1) is 24.3 Å². The van der Waals surface area contributed by atoms with Gasteiger partial charge in [0, 0.05) is 18.3 Å². The Kier molecular flexibility index (Phi) is 2.95. The number of carbonyl (C=O) groups is 1. The molecule has 1 aliphatic carbocycles. The van der Waals surface area contributed by atoms with E-state index in [-0.39, 0.29) is 18.1 Å². The zero-order valence-corrected chi connectivity index (χ0v) is 10.6. The predicted octanol–water partition coefficient (Wildman–Crippen LogP) is 0.221. The second-order valence-electron chi connectivity index (χ2n) is 4.94. The van der Waals surface area contributed by atoms with Crippen LogP contribution in [0.2, 0.25) is 0 Å². The van der Waals surface area contributed by atoms with Gasteiger partial charge in [0.15, 0.2) is 0 Å². The van der Waals surface area contributed by atoms with Gasteiger partial charge in [0.2, 0.25) is 5.91 Å². The molecular formula is C12H19N3O2. The van der Waals surface area contributed by atoms with E-state index in [1.54, 1.807) is 4.68 Å². The predicted molar refractivity (Wildman–Crippen MR) is 63.6 cm³/mol. The van der Waals surface area contributed by atoms with Crippen molar-refractivity contribution in [3.63, 3.8) is 0 Å². The van der Waals surface area contributed by atoms with E-state index in [1.165, 1.54) is 0 Å². The van der Waals surface area contributed by atoms with Crippen LogP contribution in [0.3, 0.4) is 0 Å². The van der Waals surface area contributed by atoms with Gasteiger partial charge < -0.3 is 10.4 Å². The summed E-state index contributed by atoms with van der Waals surface area (Å²) in [6.07, 6.45) is 2.09. The van der Waals surface area contributed by atoms with E-state index in [0.29, 0.717) is 6.42 Å². The van der Waals surface area contributed by atoms with E-state index in [1.807, 2.05) is 20.9 Å². The molecule has 2 rings (SSSR count). The normalized spacial score (nSPS) is 16.9. The summed E-state index contributed by atoms with van der Waals surface area (Å²) in [4.78, 5) is 11.9. The number of aryl methyl sites for hydroxylation is 2. The van der Waals surface area contributed by atoms with Crippen LogP contribution in [0.5, 0.6) is 0 Å². The maximum absolute atomic E-state index is 11.9. The molecule has 0 atom stereocenters. The van der Waals surface area contributed by atoms with Crippen molar-refractivity contribution in [1.29, 1.82) is 0 Å². The minimum atomic E-state index is -0.332. The first kappa shape index (κ1) is 12.1. The molecule has 0 spiro atoms. The molecule has 5 heteroatoms. The number of aliphatic hydroxyl groups excluding tert-OH is 1. The molecule has 17 heavy (non-hydrogen) atoms. The molecule has 2 N–H and O–H groups in total. The zero-order chi connectivity index (χ0) is 12.6. The van der Waals surface area contributed by atoms with Gasteiger partial charge in [-0.2, -0.15) is 5.10 Å². The van der Waals surface area contributed by atoms with Gasteiger partial charge in [-0.1, -0.05) is 0 Å². The molecule has 0 bridgehead atoms. The number of nitrogens with zero attached hydrogens (tertiary/aromatic N) is 2. The zero-order valence-electron chi connectivity index (χ0n) is 10.6. The van der Waals surface area contributed by atoms with Gasteiger partial charge in [-0.05, 0) is 26.7 Å². The molecule has 0 aromatic carbocycles. The molecule has 1 aromatic rings. The Hall–Kier alpha value is -1.36. The number of rotatable bonds is 4. The van der Waals surface area contributed by atoms with Gasteiger partial charge in [-0.3, -0.25) is 9.48 Å². The number of nitrogens with one attached hydrogen (secondary N) is 1. The lowest BCUT2D eigenvalue weighted by Crippen LogP contribution is -2.40. The van der Waals surface area contributed by atoms with E-state index < -0.39 is 0 Å². The highest BCUT2D eigenvalue weighted by atomic mass is 16.3. The quantitative estimate of drug-likeness (QED) is 0.787. The fourth-order valence-electron chi connectivity index (χ4n) is 2.05. The van der Waals surface area contributed by atoms with Crippen molar-refractivity contribution < 1.29 is 9.90 Å². The molecule has 0 aliphatic heterocycles. The smallest absolute Gasteiger partial charge is 0.225 e. The van der Waals surface area contributed by atoms with Gasteiger partial charge in [0.1, 0.15) is 0 Å². The van der Waals surface area contributed by atoms with Crippen LogP contribution in [0.4, 0.5) is 0 Å².